The first kappa shape index (κ1) is 23.0. The molecule has 0 bridgehead atoms. The largest absolute Gasteiger partial charge is 0.338 e. The van der Waals surface area contributed by atoms with Gasteiger partial charge in [0.2, 0.25) is 15.9 Å². The number of fused-ring (bicyclic) bond motifs is 1. The summed E-state index contributed by atoms with van der Waals surface area (Å²) in [6, 6.07) is 14.9. The summed E-state index contributed by atoms with van der Waals surface area (Å²) in [5.74, 6) is 0.854. The van der Waals surface area contributed by atoms with Crippen LogP contribution in [0.2, 0.25) is 0 Å². The molecule has 8 heteroatoms. The average Bonchev–Trinajstić information content (AvgIpc) is 3.07. The monoisotopic (exact) mass is 442 g/mol. The molecule has 166 valence electrons. The van der Waals surface area contributed by atoms with Crippen molar-refractivity contribution >= 4 is 27.0 Å². The maximum atomic E-state index is 12.9. The summed E-state index contributed by atoms with van der Waals surface area (Å²) in [4.78, 5) is 19.6. The number of sulfonamides is 1. The normalized spacial score (nSPS) is 11.9. The van der Waals surface area contributed by atoms with Crippen LogP contribution in [0.4, 0.5) is 0 Å². The zero-order valence-corrected chi connectivity index (χ0v) is 19.4. The van der Waals surface area contributed by atoms with E-state index in [2.05, 4.69) is 11.9 Å². The lowest BCUT2D eigenvalue weighted by molar-refractivity contribution is -0.131. The minimum absolute atomic E-state index is 0.0913. The van der Waals surface area contributed by atoms with Gasteiger partial charge in [0, 0.05) is 47.1 Å². The molecule has 0 spiro atoms. The predicted molar refractivity (Wildman–Crippen MR) is 122 cm³/mol. The Morgan fingerprint density at radius 3 is 2.45 bits per heavy atom. The van der Waals surface area contributed by atoms with Crippen molar-refractivity contribution in [2.75, 3.05) is 20.6 Å². The first-order chi connectivity index (χ1) is 14.7. The van der Waals surface area contributed by atoms with Crippen molar-refractivity contribution in [1.29, 1.82) is 0 Å². The average molecular weight is 443 g/mol. The summed E-state index contributed by atoms with van der Waals surface area (Å²) in [6.07, 6.45) is 1.75. The van der Waals surface area contributed by atoms with Gasteiger partial charge in [0.05, 0.1) is 15.9 Å². The molecular formula is C23H30N4O3S. The zero-order valence-electron chi connectivity index (χ0n) is 18.6. The van der Waals surface area contributed by atoms with Gasteiger partial charge in [0.15, 0.2) is 0 Å². The molecular weight excluding hydrogens is 412 g/mol. The third kappa shape index (κ3) is 5.14. The second kappa shape index (κ2) is 9.62. The third-order valence-corrected chi connectivity index (χ3v) is 7.16. The molecule has 0 saturated carbocycles. The number of hydrogen-bond donors (Lipinski definition) is 0. The zero-order chi connectivity index (χ0) is 22.6. The molecule has 31 heavy (non-hydrogen) atoms. The summed E-state index contributed by atoms with van der Waals surface area (Å²) in [7, 11) is 1.38. The molecule has 0 unspecified atom stereocenters. The fourth-order valence-electron chi connectivity index (χ4n) is 3.57. The number of aryl methyl sites for hydroxylation is 2. The number of carbonyl (C=O) groups is 1. The maximum Gasteiger partial charge on any atom is 0.242 e. The van der Waals surface area contributed by atoms with Crippen LogP contribution < -0.4 is 0 Å². The van der Waals surface area contributed by atoms with Gasteiger partial charge >= 0.3 is 0 Å². The fourth-order valence-corrected chi connectivity index (χ4v) is 4.49. The van der Waals surface area contributed by atoms with Crippen molar-refractivity contribution < 1.29 is 13.2 Å². The minimum Gasteiger partial charge on any atom is -0.338 e. The molecule has 1 heterocycles. The molecule has 3 rings (SSSR count). The molecule has 0 N–H and O–H groups in total. The van der Waals surface area contributed by atoms with Crippen molar-refractivity contribution in [1.82, 2.24) is 18.8 Å². The van der Waals surface area contributed by atoms with Crippen LogP contribution in [0.25, 0.3) is 11.0 Å². The summed E-state index contributed by atoms with van der Waals surface area (Å²) in [5.41, 5.74) is 2.57. The smallest absolute Gasteiger partial charge is 0.242 e. The van der Waals surface area contributed by atoms with Gasteiger partial charge < -0.3 is 9.47 Å². The molecule has 0 radical (unpaired) electrons. The molecule has 3 aromatic rings. The Morgan fingerprint density at radius 2 is 1.81 bits per heavy atom. The maximum absolute atomic E-state index is 12.9. The van der Waals surface area contributed by atoms with Gasteiger partial charge in [-0.1, -0.05) is 37.3 Å². The predicted octanol–water partition coefficient (Wildman–Crippen LogP) is 3.20. The molecule has 0 aliphatic carbocycles. The molecule has 0 saturated heterocycles. The van der Waals surface area contributed by atoms with Crippen LogP contribution in [0.1, 0.15) is 31.2 Å². The molecule has 1 amide bonds. The Balaban J connectivity index is 1.76. The first-order valence-electron chi connectivity index (χ1n) is 10.4. The quantitative estimate of drug-likeness (QED) is 0.510. The number of hydrogen-bond acceptors (Lipinski definition) is 4. The molecule has 0 fully saturated rings. The van der Waals surface area contributed by atoms with Crippen LogP contribution in [-0.4, -0.2) is 53.7 Å². The van der Waals surface area contributed by atoms with E-state index in [9.17, 15) is 13.2 Å². The Morgan fingerprint density at radius 1 is 1.10 bits per heavy atom. The fraction of sp³-hybridized carbons (Fsp3) is 0.391. The van der Waals surface area contributed by atoms with E-state index in [1.807, 2.05) is 46.8 Å². The van der Waals surface area contributed by atoms with E-state index in [-0.39, 0.29) is 10.8 Å². The molecule has 2 aromatic carbocycles. The Bertz CT molecular complexity index is 1150. The van der Waals surface area contributed by atoms with Crippen molar-refractivity contribution in [3.8, 4) is 0 Å². The van der Waals surface area contributed by atoms with Gasteiger partial charge in [0.1, 0.15) is 5.82 Å². The van der Waals surface area contributed by atoms with Crippen molar-refractivity contribution in [3.05, 3.63) is 59.9 Å². The SMILES string of the molecule is CCCN(Cc1ccccc1)C(=O)CCc1nc2cc(S(=O)(=O)N(C)C)ccc2n1C. The van der Waals surface area contributed by atoms with Crippen LogP contribution in [0.15, 0.2) is 53.4 Å². The van der Waals surface area contributed by atoms with Crippen LogP contribution >= 0.6 is 0 Å². The first-order valence-corrected chi connectivity index (χ1v) is 11.9. The van der Waals surface area contributed by atoms with E-state index < -0.39 is 10.0 Å². The minimum atomic E-state index is -3.52. The molecule has 7 nitrogen and oxygen atoms in total. The van der Waals surface area contributed by atoms with Gasteiger partial charge in [-0.3, -0.25) is 4.79 Å². The van der Waals surface area contributed by atoms with Gasteiger partial charge in [-0.05, 0) is 30.2 Å². The van der Waals surface area contributed by atoms with Crippen molar-refractivity contribution in [2.24, 2.45) is 7.05 Å². The molecule has 0 aliphatic heterocycles. The Kier molecular flexibility index (Phi) is 7.12. The second-order valence-corrected chi connectivity index (χ2v) is 9.98. The van der Waals surface area contributed by atoms with E-state index in [1.165, 1.54) is 18.4 Å². The lowest BCUT2D eigenvalue weighted by Gasteiger charge is -2.22. The van der Waals surface area contributed by atoms with Gasteiger partial charge in [-0.15, -0.1) is 0 Å². The van der Waals surface area contributed by atoms with E-state index in [1.54, 1.807) is 18.2 Å². The third-order valence-electron chi connectivity index (χ3n) is 5.35. The number of nitrogens with zero attached hydrogens (tertiary/aromatic N) is 4. The standard InChI is InChI=1S/C23H30N4O3S/c1-5-15-27(17-18-9-7-6-8-10-18)23(28)14-13-22-24-20-16-19(31(29,30)25(2)3)11-12-21(20)26(22)4/h6-12,16H,5,13-15,17H2,1-4H3. The second-order valence-electron chi connectivity index (χ2n) is 7.83. The number of benzene rings is 2. The summed E-state index contributed by atoms with van der Waals surface area (Å²) < 4.78 is 27.9. The van der Waals surface area contributed by atoms with E-state index in [4.69, 9.17) is 0 Å². The summed E-state index contributed by atoms with van der Waals surface area (Å²) in [6.45, 7) is 3.37. The van der Waals surface area contributed by atoms with E-state index in [0.717, 1.165) is 23.3 Å². The number of rotatable bonds is 9. The highest BCUT2D eigenvalue weighted by Crippen LogP contribution is 2.22. The molecule has 0 aliphatic rings. The highest BCUT2D eigenvalue weighted by Gasteiger charge is 2.20. The number of amides is 1. The molecule has 1 aromatic heterocycles. The lowest BCUT2D eigenvalue weighted by Crippen LogP contribution is -2.31. The van der Waals surface area contributed by atoms with Crippen LogP contribution in [-0.2, 0) is 34.8 Å². The van der Waals surface area contributed by atoms with Crippen molar-refractivity contribution in [2.45, 2.75) is 37.6 Å². The van der Waals surface area contributed by atoms with Crippen LogP contribution in [0.3, 0.4) is 0 Å². The molecule has 0 atom stereocenters. The van der Waals surface area contributed by atoms with E-state index in [0.29, 0.717) is 31.4 Å². The van der Waals surface area contributed by atoms with Crippen LogP contribution in [0, 0.1) is 0 Å². The van der Waals surface area contributed by atoms with Crippen LogP contribution in [0.5, 0.6) is 0 Å². The van der Waals surface area contributed by atoms with Crippen molar-refractivity contribution in [3.63, 3.8) is 0 Å². The van der Waals surface area contributed by atoms with Gasteiger partial charge in [-0.2, -0.15) is 0 Å². The number of carbonyl (C=O) groups excluding carboxylic acids is 1. The number of imidazole rings is 1. The highest BCUT2D eigenvalue weighted by molar-refractivity contribution is 7.89. The highest BCUT2D eigenvalue weighted by atomic mass is 32.2. The summed E-state index contributed by atoms with van der Waals surface area (Å²) >= 11 is 0. The van der Waals surface area contributed by atoms with Gasteiger partial charge in [0.25, 0.3) is 0 Å². The Labute approximate surface area is 184 Å². The van der Waals surface area contributed by atoms with E-state index >= 15 is 0 Å². The lowest BCUT2D eigenvalue weighted by atomic mass is 10.2. The topological polar surface area (TPSA) is 75.5 Å². The number of aromatic nitrogens is 2. The summed E-state index contributed by atoms with van der Waals surface area (Å²) in [5, 5.41) is 0. The Hall–Kier alpha value is -2.71. The van der Waals surface area contributed by atoms with Gasteiger partial charge in [-0.25, -0.2) is 17.7 Å².